The minimum absolute atomic E-state index is 0.162. The van der Waals surface area contributed by atoms with E-state index in [1.165, 1.54) is 6.92 Å². The molecule has 0 aliphatic carbocycles. The largest absolute Gasteiger partial charge is 0.212 e. The van der Waals surface area contributed by atoms with Crippen LogP contribution in [-0.4, -0.2) is 0 Å². The van der Waals surface area contributed by atoms with Crippen molar-refractivity contribution in [2.75, 3.05) is 0 Å². The topological polar surface area (TPSA) is 0 Å². The van der Waals surface area contributed by atoms with Crippen molar-refractivity contribution in [3.8, 4) is 0 Å². The van der Waals surface area contributed by atoms with Crippen LogP contribution in [0, 0.1) is 0 Å². The average Bonchev–Trinajstić information content (AvgIpc) is 2.02. The van der Waals surface area contributed by atoms with Crippen molar-refractivity contribution in [2.24, 2.45) is 0 Å². The van der Waals surface area contributed by atoms with Gasteiger partial charge in [-0.05, 0) is 30.7 Å². The quantitative estimate of drug-likeness (QED) is 0.678. The van der Waals surface area contributed by atoms with Gasteiger partial charge in [-0.2, -0.15) is 0 Å². The first-order valence-electron chi connectivity index (χ1n) is 4.53. The van der Waals surface area contributed by atoms with E-state index < -0.39 is 0 Å². The van der Waals surface area contributed by atoms with Crippen LogP contribution in [0.4, 0.5) is 4.39 Å². The lowest BCUT2D eigenvalue weighted by Crippen LogP contribution is -2.13. The molecule has 1 rings (SSSR count). The molecule has 14 heavy (non-hydrogen) atoms. The Hall–Kier alpha value is -0.820. The summed E-state index contributed by atoms with van der Waals surface area (Å²) in [6, 6.07) is 7.48. The van der Waals surface area contributed by atoms with Crippen LogP contribution < -0.4 is 0 Å². The molecule has 0 N–H and O–H groups in total. The molecule has 0 aromatic heterocycles. The smallest absolute Gasteiger partial charge is 0.0937 e. The van der Waals surface area contributed by atoms with E-state index >= 15 is 0 Å². The first-order valence-corrected chi connectivity index (χ1v) is 4.90. The van der Waals surface area contributed by atoms with Gasteiger partial charge in [0, 0.05) is 10.4 Å². The molecule has 1 aromatic carbocycles. The predicted octanol–water partition coefficient (Wildman–Crippen LogP) is 4.49. The van der Waals surface area contributed by atoms with Crippen LogP contribution in [0.15, 0.2) is 36.2 Å². The third-order valence-corrected chi connectivity index (χ3v) is 2.40. The summed E-state index contributed by atoms with van der Waals surface area (Å²) >= 11 is 5.78. The van der Waals surface area contributed by atoms with E-state index in [2.05, 4.69) is 0 Å². The zero-order chi connectivity index (χ0) is 10.8. The number of hydrogen-bond donors (Lipinski definition) is 0. The monoisotopic (exact) mass is 212 g/mol. The van der Waals surface area contributed by atoms with Crippen LogP contribution in [0.3, 0.4) is 0 Å². The highest BCUT2D eigenvalue weighted by molar-refractivity contribution is 6.30. The van der Waals surface area contributed by atoms with Crippen LogP contribution >= 0.6 is 11.6 Å². The zero-order valence-electron chi connectivity index (χ0n) is 8.64. The van der Waals surface area contributed by atoms with E-state index in [4.69, 9.17) is 11.6 Å². The van der Waals surface area contributed by atoms with Crippen molar-refractivity contribution in [1.82, 2.24) is 0 Å². The highest BCUT2D eigenvalue weighted by atomic mass is 35.5. The summed E-state index contributed by atoms with van der Waals surface area (Å²) in [5.41, 5.74) is 0.766. The normalized spacial score (nSPS) is 13.1. The van der Waals surface area contributed by atoms with Gasteiger partial charge in [-0.3, -0.25) is 0 Å². The van der Waals surface area contributed by atoms with E-state index in [0.29, 0.717) is 5.02 Å². The second kappa shape index (κ2) is 4.14. The summed E-state index contributed by atoms with van der Waals surface area (Å²) in [6.45, 7) is 5.40. The molecule has 2 heteroatoms. The van der Waals surface area contributed by atoms with Crippen LogP contribution in [0.1, 0.15) is 26.3 Å². The summed E-state index contributed by atoms with van der Waals surface area (Å²) in [6.07, 6.45) is 1.61. The predicted molar refractivity (Wildman–Crippen MR) is 59.3 cm³/mol. The van der Waals surface area contributed by atoms with Crippen molar-refractivity contribution in [2.45, 2.75) is 26.2 Å². The third-order valence-electron chi connectivity index (χ3n) is 2.15. The van der Waals surface area contributed by atoms with Gasteiger partial charge in [-0.1, -0.05) is 37.6 Å². The Balaban J connectivity index is 3.04. The maximum Gasteiger partial charge on any atom is 0.0937 e. The highest BCUT2D eigenvalue weighted by Crippen LogP contribution is 2.27. The fourth-order valence-electron chi connectivity index (χ4n) is 1.46. The van der Waals surface area contributed by atoms with Crippen LogP contribution in [0.25, 0.3) is 0 Å². The molecule has 0 unspecified atom stereocenters. The molecule has 0 amide bonds. The van der Waals surface area contributed by atoms with Gasteiger partial charge in [0.2, 0.25) is 0 Å². The molecule has 76 valence electrons. The van der Waals surface area contributed by atoms with Crippen LogP contribution in [0.5, 0.6) is 0 Å². The first-order chi connectivity index (χ1) is 6.42. The molecule has 1 aromatic rings. The Bertz CT molecular complexity index is 332. The van der Waals surface area contributed by atoms with Crippen molar-refractivity contribution in [1.29, 1.82) is 0 Å². The molecule has 0 aliphatic rings. The Morgan fingerprint density at radius 1 is 1.29 bits per heavy atom. The fraction of sp³-hybridized carbons (Fsp3) is 0.333. The van der Waals surface area contributed by atoms with Gasteiger partial charge in [0.15, 0.2) is 0 Å². The van der Waals surface area contributed by atoms with E-state index in [-0.39, 0.29) is 11.2 Å². The van der Waals surface area contributed by atoms with Gasteiger partial charge in [0.05, 0.1) is 5.83 Å². The summed E-state index contributed by atoms with van der Waals surface area (Å²) in [5, 5.41) is 0.700. The molecule has 0 nitrogen and oxygen atoms in total. The fourth-order valence-corrected chi connectivity index (χ4v) is 1.59. The number of hydrogen-bond acceptors (Lipinski definition) is 0. The van der Waals surface area contributed by atoms with E-state index in [1.807, 2.05) is 38.1 Å². The molecule has 0 atom stereocenters. The lowest BCUT2D eigenvalue weighted by atomic mass is 9.84. The molecular weight excluding hydrogens is 199 g/mol. The second-order valence-electron chi connectivity index (χ2n) is 3.96. The number of benzene rings is 1. The molecule has 0 radical (unpaired) electrons. The molecule has 0 spiro atoms. The molecular formula is C12H14ClF. The van der Waals surface area contributed by atoms with Crippen molar-refractivity contribution >= 4 is 11.6 Å². The van der Waals surface area contributed by atoms with Gasteiger partial charge in [-0.25, -0.2) is 4.39 Å². The number of rotatable bonds is 2. The minimum atomic E-state index is -0.288. The van der Waals surface area contributed by atoms with E-state index in [0.717, 1.165) is 5.56 Å². The average molecular weight is 213 g/mol. The van der Waals surface area contributed by atoms with Crippen molar-refractivity contribution < 1.29 is 4.39 Å². The van der Waals surface area contributed by atoms with Crippen LogP contribution in [-0.2, 0) is 5.41 Å². The summed E-state index contributed by atoms with van der Waals surface area (Å²) in [7, 11) is 0. The number of halogens is 2. The van der Waals surface area contributed by atoms with E-state index in [9.17, 15) is 4.39 Å². The molecule has 0 aliphatic heterocycles. The molecule has 0 bridgehead atoms. The minimum Gasteiger partial charge on any atom is -0.212 e. The SMILES string of the molecule is C/C(F)=C/C(C)(C)c1ccc(Cl)cc1. The van der Waals surface area contributed by atoms with Crippen LogP contribution in [0.2, 0.25) is 5.02 Å². The first kappa shape index (κ1) is 11.3. The zero-order valence-corrected chi connectivity index (χ0v) is 9.40. The second-order valence-corrected chi connectivity index (χ2v) is 4.40. The molecule has 0 saturated heterocycles. The standard InChI is InChI=1S/C12H14ClF/c1-9(14)8-12(2,3)10-4-6-11(13)7-5-10/h4-8H,1-3H3/b9-8-. The van der Waals surface area contributed by atoms with Crippen molar-refractivity contribution in [3.63, 3.8) is 0 Å². The Morgan fingerprint density at radius 2 is 1.79 bits per heavy atom. The Kier molecular flexibility index (Phi) is 3.33. The summed E-state index contributed by atoms with van der Waals surface area (Å²) < 4.78 is 12.8. The van der Waals surface area contributed by atoms with Gasteiger partial charge < -0.3 is 0 Å². The Labute approximate surface area is 89.4 Å². The van der Waals surface area contributed by atoms with Gasteiger partial charge in [-0.15, -0.1) is 0 Å². The van der Waals surface area contributed by atoms with Gasteiger partial charge in [0.1, 0.15) is 0 Å². The lowest BCUT2D eigenvalue weighted by Gasteiger charge is -2.20. The third kappa shape index (κ3) is 2.85. The van der Waals surface area contributed by atoms with Gasteiger partial charge >= 0.3 is 0 Å². The number of allylic oxidation sites excluding steroid dienone is 2. The highest BCUT2D eigenvalue weighted by Gasteiger charge is 2.17. The van der Waals surface area contributed by atoms with Gasteiger partial charge in [0.25, 0.3) is 0 Å². The lowest BCUT2D eigenvalue weighted by molar-refractivity contribution is 0.588. The molecule has 0 fully saturated rings. The maximum absolute atomic E-state index is 12.8. The maximum atomic E-state index is 12.8. The van der Waals surface area contributed by atoms with E-state index in [1.54, 1.807) is 6.08 Å². The summed E-state index contributed by atoms with van der Waals surface area (Å²) in [4.78, 5) is 0. The van der Waals surface area contributed by atoms with Crippen molar-refractivity contribution in [3.05, 3.63) is 46.8 Å². The Morgan fingerprint density at radius 3 is 2.21 bits per heavy atom. The summed E-state index contributed by atoms with van der Waals surface area (Å²) in [5.74, 6) is -0.162. The molecule has 0 heterocycles. The molecule has 0 saturated carbocycles.